The minimum Gasteiger partial charge on any atom is -0.324 e. The van der Waals surface area contributed by atoms with Crippen LogP contribution in [-0.2, 0) is 0 Å². The van der Waals surface area contributed by atoms with Gasteiger partial charge in [-0.05, 0) is 24.1 Å². The van der Waals surface area contributed by atoms with Crippen LogP contribution in [-0.4, -0.2) is 0 Å². The van der Waals surface area contributed by atoms with Gasteiger partial charge < -0.3 is 5.73 Å². The van der Waals surface area contributed by atoms with E-state index >= 15 is 0 Å². The van der Waals surface area contributed by atoms with Gasteiger partial charge >= 0.3 is 0 Å². The van der Waals surface area contributed by atoms with E-state index in [0.29, 0.717) is 5.02 Å². The van der Waals surface area contributed by atoms with E-state index < -0.39 is 0 Å². The molecule has 1 aromatic carbocycles. The molecule has 0 saturated heterocycles. The van der Waals surface area contributed by atoms with Gasteiger partial charge in [-0.3, -0.25) is 0 Å². The topological polar surface area (TPSA) is 26.0 Å². The van der Waals surface area contributed by atoms with Crippen LogP contribution in [0, 0.1) is 5.82 Å². The molecule has 1 nitrogen and oxygen atoms in total. The molecule has 0 saturated carbocycles. The van der Waals surface area contributed by atoms with Gasteiger partial charge in [-0.2, -0.15) is 0 Å². The standard InChI is InChI=1S/C9H11ClFN.ClH/c1-2-9(12)7-4-3-6(11)5-8(7)10;/h3-5,9H,2,12H2,1H3;1H/t9-;/m0./s1. The molecule has 4 heteroatoms. The lowest BCUT2D eigenvalue weighted by molar-refractivity contribution is 0.623. The Kier molecular flexibility index (Phi) is 5.30. The average Bonchev–Trinajstić information content (AvgIpc) is 2.03. The van der Waals surface area contributed by atoms with E-state index in [-0.39, 0.29) is 24.3 Å². The van der Waals surface area contributed by atoms with E-state index in [1.54, 1.807) is 6.07 Å². The first kappa shape index (κ1) is 12.7. The summed E-state index contributed by atoms with van der Waals surface area (Å²) in [5, 5.41) is 0.407. The first-order chi connectivity index (χ1) is 5.65. The molecule has 0 aliphatic carbocycles. The van der Waals surface area contributed by atoms with Crippen LogP contribution in [0.5, 0.6) is 0 Å². The SMILES string of the molecule is CC[C@H](N)c1ccc(F)cc1Cl.Cl. The number of halogens is 3. The molecule has 0 spiro atoms. The van der Waals surface area contributed by atoms with E-state index in [4.69, 9.17) is 17.3 Å². The fraction of sp³-hybridized carbons (Fsp3) is 0.333. The predicted octanol–water partition coefficient (Wildman–Crippen LogP) is 3.31. The first-order valence-corrected chi connectivity index (χ1v) is 4.23. The number of benzene rings is 1. The monoisotopic (exact) mass is 223 g/mol. The molecule has 0 radical (unpaired) electrons. The summed E-state index contributed by atoms with van der Waals surface area (Å²) in [6.07, 6.45) is 0.797. The lowest BCUT2D eigenvalue weighted by Gasteiger charge is -2.10. The average molecular weight is 224 g/mol. The van der Waals surface area contributed by atoms with Crippen molar-refractivity contribution in [2.75, 3.05) is 0 Å². The second-order valence-electron chi connectivity index (χ2n) is 2.68. The smallest absolute Gasteiger partial charge is 0.124 e. The van der Waals surface area contributed by atoms with Crippen LogP contribution < -0.4 is 5.73 Å². The van der Waals surface area contributed by atoms with Crippen molar-refractivity contribution in [3.8, 4) is 0 Å². The molecular formula is C9H12Cl2FN. The van der Waals surface area contributed by atoms with Gasteiger partial charge in [0.05, 0.1) is 0 Å². The van der Waals surface area contributed by atoms with Crippen molar-refractivity contribution in [2.24, 2.45) is 5.73 Å². The maximum atomic E-state index is 12.6. The van der Waals surface area contributed by atoms with Crippen molar-refractivity contribution >= 4 is 24.0 Å². The molecule has 0 heterocycles. The van der Waals surface area contributed by atoms with Crippen molar-refractivity contribution in [1.82, 2.24) is 0 Å². The largest absolute Gasteiger partial charge is 0.324 e. The molecule has 13 heavy (non-hydrogen) atoms. The van der Waals surface area contributed by atoms with Crippen molar-refractivity contribution < 1.29 is 4.39 Å². The number of rotatable bonds is 2. The van der Waals surface area contributed by atoms with E-state index in [2.05, 4.69) is 0 Å². The predicted molar refractivity (Wildman–Crippen MR) is 55.9 cm³/mol. The minimum atomic E-state index is -0.327. The van der Waals surface area contributed by atoms with Crippen LogP contribution in [0.4, 0.5) is 4.39 Å². The molecule has 1 rings (SSSR count). The summed E-state index contributed by atoms with van der Waals surface area (Å²) in [5.41, 5.74) is 6.54. The molecule has 0 unspecified atom stereocenters. The molecule has 2 N–H and O–H groups in total. The summed E-state index contributed by atoms with van der Waals surface area (Å²) in [5.74, 6) is -0.327. The maximum absolute atomic E-state index is 12.6. The zero-order chi connectivity index (χ0) is 9.14. The normalized spacial score (nSPS) is 12.0. The zero-order valence-electron chi connectivity index (χ0n) is 7.26. The van der Waals surface area contributed by atoms with Crippen LogP contribution >= 0.6 is 24.0 Å². The molecular weight excluding hydrogens is 212 g/mol. The van der Waals surface area contributed by atoms with Gasteiger partial charge in [-0.15, -0.1) is 12.4 Å². The van der Waals surface area contributed by atoms with Crippen LogP contribution in [0.3, 0.4) is 0 Å². The van der Waals surface area contributed by atoms with E-state index in [0.717, 1.165) is 12.0 Å². The third-order valence-corrected chi connectivity index (χ3v) is 2.13. The second-order valence-corrected chi connectivity index (χ2v) is 3.09. The number of hydrogen-bond donors (Lipinski definition) is 1. The van der Waals surface area contributed by atoms with Gasteiger partial charge in [0.2, 0.25) is 0 Å². The summed E-state index contributed by atoms with van der Waals surface area (Å²) in [6, 6.07) is 4.19. The molecule has 74 valence electrons. The molecule has 0 bridgehead atoms. The fourth-order valence-corrected chi connectivity index (χ4v) is 1.33. The summed E-state index contributed by atoms with van der Waals surface area (Å²) in [7, 11) is 0. The van der Waals surface area contributed by atoms with Gasteiger partial charge in [0.25, 0.3) is 0 Å². The minimum absolute atomic E-state index is 0. The van der Waals surface area contributed by atoms with Crippen molar-refractivity contribution in [3.63, 3.8) is 0 Å². The maximum Gasteiger partial charge on any atom is 0.124 e. The quantitative estimate of drug-likeness (QED) is 0.819. The highest BCUT2D eigenvalue weighted by atomic mass is 35.5. The highest BCUT2D eigenvalue weighted by molar-refractivity contribution is 6.31. The fourth-order valence-electron chi connectivity index (χ4n) is 1.02. The Labute approximate surface area is 88.5 Å². The van der Waals surface area contributed by atoms with Gasteiger partial charge in [-0.25, -0.2) is 4.39 Å². The molecule has 0 aromatic heterocycles. The summed E-state index contributed by atoms with van der Waals surface area (Å²) < 4.78 is 12.6. The molecule has 0 fully saturated rings. The van der Waals surface area contributed by atoms with Gasteiger partial charge in [0, 0.05) is 11.1 Å². The van der Waals surface area contributed by atoms with Crippen LogP contribution in [0.1, 0.15) is 24.9 Å². The molecule has 1 aromatic rings. The first-order valence-electron chi connectivity index (χ1n) is 3.85. The molecule has 1 atom stereocenters. The number of nitrogens with two attached hydrogens (primary N) is 1. The summed E-state index contributed by atoms with van der Waals surface area (Å²) in [6.45, 7) is 1.96. The second kappa shape index (κ2) is 5.43. The van der Waals surface area contributed by atoms with E-state index in [1.807, 2.05) is 6.92 Å². The summed E-state index contributed by atoms with van der Waals surface area (Å²) >= 11 is 5.78. The van der Waals surface area contributed by atoms with Crippen molar-refractivity contribution in [3.05, 3.63) is 34.6 Å². The van der Waals surface area contributed by atoms with Gasteiger partial charge in [0.1, 0.15) is 5.82 Å². The molecule has 0 amide bonds. The third kappa shape index (κ3) is 3.14. The Bertz CT molecular complexity index is 278. The molecule has 0 aliphatic heterocycles. The van der Waals surface area contributed by atoms with E-state index in [9.17, 15) is 4.39 Å². The van der Waals surface area contributed by atoms with E-state index in [1.165, 1.54) is 12.1 Å². The van der Waals surface area contributed by atoms with Gasteiger partial charge in [-0.1, -0.05) is 24.6 Å². The Morgan fingerprint density at radius 3 is 2.62 bits per heavy atom. The van der Waals surface area contributed by atoms with Gasteiger partial charge in [0.15, 0.2) is 0 Å². The highest BCUT2D eigenvalue weighted by Gasteiger charge is 2.07. The van der Waals surface area contributed by atoms with Crippen LogP contribution in [0.2, 0.25) is 5.02 Å². The third-order valence-electron chi connectivity index (χ3n) is 1.80. The Hall–Kier alpha value is -0.310. The Balaban J connectivity index is 0.00000144. The Morgan fingerprint density at radius 1 is 1.54 bits per heavy atom. The molecule has 0 aliphatic rings. The van der Waals surface area contributed by atoms with Crippen LogP contribution in [0.25, 0.3) is 0 Å². The van der Waals surface area contributed by atoms with Crippen LogP contribution in [0.15, 0.2) is 18.2 Å². The lowest BCUT2D eigenvalue weighted by atomic mass is 10.1. The lowest BCUT2D eigenvalue weighted by Crippen LogP contribution is -2.09. The Morgan fingerprint density at radius 2 is 2.15 bits per heavy atom. The van der Waals surface area contributed by atoms with Crippen molar-refractivity contribution in [2.45, 2.75) is 19.4 Å². The van der Waals surface area contributed by atoms with Crippen molar-refractivity contribution in [1.29, 1.82) is 0 Å². The highest BCUT2D eigenvalue weighted by Crippen LogP contribution is 2.23. The summed E-state index contributed by atoms with van der Waals surface area (Å²) in [4.78, 5) is 0. The number of hydrogen-bond acceptors (Lipinski definition) is 1. The zero-order valence-corrected chi connectivity index (χ0v) is 8.83.